The predicted octanol–water partition coefficient (Wildman–Crippen LogP) is 3.89. The first-order chi connectivity index (χ1) is 10.3. The summed E-state index contributed by atoms with van der Waals surface area (Å²) in [6.07, 6.45) is 0.990. The van der Waals surface area contributed by atoms with Crippen molar-refractivity contribution in [2.45, 2.75) is 40.2 Å². The molecular weight excluding hydrogens is 364 g/mol. The van der Waals surface area contributed by atoms with Gasteiger partial charge in [-0.25, -0.2) is 0 Å². The zero-order valence-corrected chi connectivity index (χ0v) is 15.8. The first kappa shape index (κ1) is 18.9. The highest BCUT2D eigenvalue weighted by molar-refractivity contribution is 9.10. The first-order valence-electron chi connectivity index (χ1n) is 7.33. The van der Waals surface area contributed by atoms with E-state index in [1.807, 2.05) is 13.8 Å². The van der Waals surface area contributed by atoms with E-state index in [1.54, 1.807) is 18.2 Å². The second-order valence-electron chi connectivity index (χ2n) is 5.76. The van der Waals surface area contributed by atoms with Gasteiger partial charge in [0.15, 0.2) is 5.11 Å². The molecule has 0 saturated heterocycles. The van der Waals surface area contributed by atoms with Crippen LogP contribution in [0.2, 0.25) is 0 Å². The van der Waals surface area contributed by atoms with Crippen LogP contribution in [-0.4, -0.2) is 23.7 Å². The zero-order valence-electron chi connectivity index (χ0n) is 13.4. The third kappa shape index (κ3) is 6.75. The third-order valence-corrected chi connectivity index (χ3v) is 3.63. The summed E-state index contributed by atoms with van der Waals surface area (Å²) in [5.41, 5.74) is 0.524. The maximum atomic E-state index is 12.1. The van der Waals surface area contributed by atoms with Crippen LogP contribution in [-0.2, 0) is 0 Å². The van der Waals surface area contributed by atoms with Gasteiger partial charge >= 0.3 is 0 Å². The molecule has 0 radical (unpaired) electrons. The van der Waals surface area contributed by atoms with Gasteiger partial charge in [-0.2, -0.15) is 0 Å². The van der Waals surface area contributed by atoms with Crippen LogP contribution in [0.4, 0.5) is 0 Å². The van der Waals surface area contributed by atoms with Gasteiger partial charge in [0.1, 0.15) is 5.75 Å². The molecule has 0 aromatic heterocycles. The Hall–Kier alpha value is -1.14. The normalized spacial score (nSPS) is 10.7. The van der Waals surface area contributed by atoms with E-state index in [-0.39, 0.29) is 11.9 Å². The van der Waals surface area contributed by atoms with E-state index in [9.17, 15) is 4.79 Å². The van der Waals surface area contributed by atoms with Crippen LogP contribution >= 0.6 is 28.1 Å². The van der Waals surface area contributed by atoms with Gasteiger partial charge in [0.25, 0.3) is 5.91 Å². The zero-order chi connectivity index (χ0) is 16.7. The molecule has 0 unspecified atom stereocenters. The highest BCUT2D eigenvalue weighted by Gasteiger charge is 2.11. The number of amides is 1. The van der Waals surface area contributed by atoms with Crippen molar-refractivity contribution in [2.24, 2.45) is 5.92 Å². The molecular formula is C16H23BrN2O2S. The summed E-state index contributed by atoms with van der Waals surface area (Å²) in [5.74, 6) is 1.09. The van der Waals surface area contributed by atoms with Crippen LogP contribution in [0.3, 0.4) is 0 Å². The highest BCUT2D eigenvalue weighted by atomic mass is 79.9. The van der Waals surface area contributed by atoms with Gasteiger partial charge in [-0.15, -0.1) is 0 Å². The molecule has 6 heteroatoms. The van der Waals surface area contributed by atoms with E-state index in [1.165, 1.54) is 0 Å². The molecule has 0 aliphatic carbocycles. The molecule has 0 aliphatic rings. The lowest BCUT2D eigenvalue weighted by Crippen LogP contribution is -2.42. The summed E-state index contributed by atoms with van der Waals surface area (Å²) in [4.78, 5) is 12.1. The Balaban J connectivity index is 2.64. The van der Waals surface area contributed by atoms with Gasteiger partial charge in [-0.1, -0.05) is 13.8 Å². The quantitative estimate of drug-likeness (QED) is 0.728. The maximum Gasteiger partial charge on any atom is 0.257 e. The van der Waals surface area contributed by atoms with Crippen LogP contribution < -0.4 is 15.4 Å². The lowest BCUT2D eigenvalue weighted by Gasteiger charge is -2.13. The molecule has 0 heterocycles. The lowest BCUT2D eigenvalue weighted by molar-refractivity contribution is 0.0976. The lowest BCUT2D eigenvalue weighted by atomic mass is 10.1. The average molecular weight is 387 g/mol. The fourth-order valence-electron chi connectivity index (χ4n) is 1.64. The number of carbonyl (C=O) groups excluding carboxylic acids is 1. The second kappa shape index (κ2) is 9.10. The van der Waals surface area contributed by atoms with Crippen LogP contribution in [0.25, 0.3) is 0 Å². The monoisotopic (exact) mass is 386 g/mol. The van der Waals surface area contributed by atoms with Gasteiger partial charge in [0, 0.05) is 11.6 Å². The van der Waals surface area contributed by atoms with Gasteiger partial charge in [-0.05, 0) is 72.5 Å². The minimum Gasteiger partial charge on any atom is -0.492 e. The van der Waals surface area contributed by atoms with E-state index < -0.39 is 0 Å². The SMILES string of the molecule is CC(C)CCOc1ccc(C(=O)NC(=S)NC(C)C)cc1Br. The molecule has 1 amide bonds. The Bertz CT molecular complexity index is 533. The number of nitrogens with one attached hydrogen (secondary N) is 2. The number of hydrogen-bond donors (Lipinski definition) is 2. The van der Waals surface area contributed by atoms with E-state index in [4.69, 9.17) is 17.0 Å². The summed E-state index contributed by atoms with van der Waals surface area (Å²) in [7, 11) is 0. The highest BCUT2D eigenvalue weighted by Crippen LogP contribution is 2.26. The minimum atomic E-state index is -0.243. The van der Waals surface area contributed by atoms with Gasteiger partial charge < -0.3 is 10.1 Å². The summed E-state index contributed by atoms with van der Waals surface area (Å²) in [5, 5.41) is 5.95. The van der Waals surface area contributed by atoms with Crippen LogP contribution in [0.15, 0.2) is 22.7 Å². The van der Waals surface area contributed by atoms with E-state index in [0.29, 0.717) is 23.2 Å². The summed E-state index contributed by atoms with van der Waals surface area (Å²) < 4.78 is 6.46. The van der Waals surface area contributed by atoms with Crippen LogP contribution in [0, 0.1) is 5.92 Å². The van der Waals surface area contributed by atoms with Gasteiger partial charge in [-0.3, -0.25) is 10.1 Å². The van der Waals surface area contributed by atoms with E-state index in [2.05, 4.69) is 40.4 Å². The number of carbonyl (C=O) groups is 1. The van der Waals surface area contributed by atoms with Crippen molar-refractivity contribution in [3.05, 3.63) is 28.2 Å². The third-order valence-electron chi connectivity index (χ3n) is 2.79. The second-order valence-corrected chi connectivity index (χ2v) is 7.02. The molecule has 1 aromatic rings. The van der Waals surface area contributed by atoms with Crippen molar-refractivity contribution < 1.29 is 9.53 Å². The molecule has 0 bridgehead atoms. The largest absolute Gasteiger partial charge is 0.492 e. The van der Waals surface area contributed by atoms with Crippen LogP contribution in [0.1, 0.15) is 44.5 Å². The maximum absolute atomic E-state index is 12.1. The summed E-state index contributed by atoms with van der Waals surface area (Å²) >= 11 is 8.50. The molecule has 0 spiro atoms. The topological polar surface area (TPSA) is 50.4 Å². The van der Waals surface area contributed by atoms with Crippen molar-refractivity contribution in [1.29, 1.82) is 0 Å². The standard InChI is InChI=1S/C16H23BrN2O2S/c1-10(2)7-8-21-14-6-5-12(9-13(14)17)15(20)19-16(22)18-11(3)4/h5-6,9-11H,7-8H2,1-4H3,(H2,18,19,20,22). The Morgan fingerprint density at radius 1 is 1.32 bits per heavy atom. The number of halogens is 1. The molecule has 122 valence electrons. The first-order valence-corrected chi connectivity index (χ1v) is 8.54. The van der Waals surface area contributed by atoms with Gasteiger partial charge in [0.2, 0.25) is 0 Å². The Kier molecular flexibility index (Phi) is 7.82. The average Bonchev–Trinajstić information content (AvgIpc) is 2.38. The molecule has 0 atom stereocenters. The number of hydrogen-bond acceptors (Lipinski definition) is 3. The van der Waals surface area contributed by atoms with Crippen molar-refractivity contribution in [1.82, 2.24) is 10.6 Å². The predicted molar refractivity (Wildman–Crippen MR) is 97.4 cm³/mol. The molecule has 0 aliphatic heterocycles. The Morgan fingerprint density at radius 3 is 2.55 bits per heavy atom. The molecule has 4 nitrogen and oxygen atoms in total. The summed E-state index contributed by atoms with van der Waals surface area (Å²) in [6, 6.07) is 5.43. The van der Waals surface area contributed by atoms with Crippen molar-refractivity contribution in [2.75, 3.05) is 6.61 Å². The van der Waals surface area contributed by atoms with Crippen LogP contribution in [0.5, 0.6) is 5.75 Å². The smallest absolute Gasteiger partial charge is 0.257 e. The number of thiocarbonyl (C=S) groups is 1. The van der Waals surface area contributed by atoms with Crippen molar-refractivity contribution >= 4 is 39.2 Å². The molecule has 0 saturated carbocycles. The van der Waals surface area contributed by atoms with Crippen molar-refractivity contribution in [3.8, 4) is 5.75 Å². The number of benzene rings is 1. The summed E-state index contributed by atoms with van der Waals surface area (Å²) in [6.45, 7) is 8.88. The fraction of sp³-hybridized carbons (Fsp3) is 0.500. The molecule has 22 heavy (non-hydrogen) atoms. The Labute approximate surface area is 146 Å². The molecule has 0 fully saturated rings. The number of ether oxygens (including phenoxy) is 1. The van der Waals surface area contributed by atoms with Crippen molar-refractivity contribution in [3.63, 3.8) is 0 Å². The van der Waals surface area contributed by atoms with Gasteiger partial charge in [0.05, 0.1) is 11.1 Å². The Morgan fingerprint density at radius 2 is 2.00 bits per heavy atom. The number of rotatable bonds is 6. The molecule has 1 rings (SSSR count). The van der Waals surface area contributed by atoms with E-state index >= 15 is 0 Å². The van der Waals surface area contributed by atoms with E-state index in [0.717, 1.165) is 16.6 Å². The minimum absolute atomic E-state index is 0.177. The fourth-order valence-corrected chi connectivity index (χ4v) is 2.46. The molecule has 1 aromatic carbocycles. The molecule has 2 N–H and O–H groups in total.